The topological polar surface area (TPSA) is 69.7 Å². The lowest BCUT2D eigenvalue weighted by molar-refractivity contribution is 0.916. The molecule has 0 amide bonds. The third kappa shape index (κ3) is 2.38. The van der Waals surface area contributed by atoms with E-state index in [-0.39, 0.29) is 0 Å². The zero-order valence-corrected chi connectivity index (χ0v) is 11.3. The Morgan fingerprint density at radius 3 is 2.68 bits per heavy atom. The Balaban J connectivity index is 1.87. The molecule has 6 nitrogen and oxygen atoms in total. The van der Waals surface area contributed by atoms with Crippen LogP contribution in [0.25, 0.3) is 0 Å². The Hall–Kier alpha value is -2.11. The molecule has 1 saturated heterocycles. The van der Waals surface area contributed by atoms with Crippen LogP contribution in [0.3, 0.4) is 0 Å². The molecular formula is C13H18N6. The van der Waals surface area contributed by atoms with E-state index in [1.165, 1.54) is 12.8 Å². The molecule has 0 bridgehead atoms. The van der Waals surface area contributed by atoms with Gasteiger partial charge in [-0.15, -0.1) is 0 Å². The lowest BCUT2D eigenvalue weighted by atomic mass is 10.3. The molecule has 0 aliphatic carbocycles. The molecule has 2 N–H and O–H groups in total. The van der Waals surface area contributed by atoms with Crippen molar-refractivity contribution in [2.45, 2.75) is 26.7 Å². The van der Waals surface area contributed by atoms with E-state index in [1.54, 1.807) is 6.33 Å². The van der Waals surface area contributed by atoms with Crippen molar-refractivity contribution < 1.29 is 0 Å². The second-order valence-electron chi connectivity index (χ2n) is 4.93. The van der Waals surface area contributed by atoms with Crippen LogP contribution in [0.5, 0.6) is 0 Å². The number of hydrogen-bond donors (Lipinski definition) is 2. The molecule has 19 heavy (non-hydrogen) atoms. The maximum Gasteiger partial charge on any atom is 0.153 e. The van der Waals surface area contributed by atoms with Crippen molar-refractivity contribution in [2.75, 3.05) is 23.3 Å². The van der Waals surface area contributed by atoms with Gasteiger partial charge in [-0.2, -0.15) is 5.10 Å². The van der Waals surface area contributed by atoms with Crippen LogP contribution in [-0.2, 0) is 0 Å². The molecule has 0 spiro atoms. The molecule has 0 saturated carbocycles. The predicted octanol–water partition coefficient (Wildman–Crippen LogP) is 2.16. The highest BCUT2D eigenvalue weighted by molar-refractivity contribution is 5.63. The monoisotopic (exact) mass is 258 g/mol. The highest BCUT2D eigenvalue weighted by atomic mass is 15.2. The van der Waals surface area contributed by atoms with Crippen LogP contribution in [0.15, 0.2) is 12.4 Å². The number of aryl methyl sites for hydroxylation is 1. The molecule has 3 heterocycles. The van der Waals surface area contributed by atoms with E-state index in [0.717, 1.165) is 41.8 Å². The Bertz CT molecular complexity index is 570. The lowest BCUT2D eigenvalue weighted by Crippen LogP contribution is -2.20. The summed E-state index contributed by atoms with van der Waals surface area (Å²) in [6.07, 6.45) is 4.10. The predicted molar refractivity (Wildman–Crippen MR) is 74.8 cm³/mol. The summed E-state index contributed by atoms with van der Waals surface area (Å²) in [5.41, 5.74) is 2.10. The first-order valence-electron chi connectivity index (χ1n) is 6.59. The largest absolute Gasteiger partial charge is 0.356 e. The average molecular weight is 258 g/mol. The van der Waals surface area contributed by atoms with E-state index in [4.69, 9.17) is 0 Å². The van der Waals surface area contributed by atoms with Gasteiger partial charge < -0.3 is 10.2 Å². The fourth-order valence-corrected chi connectivity index (χ4v) is 2.42. The quantitative estimate of drug-likeness (QED) is 0.883. The van der Waals surface area contributed by atoms with Crippen LogP contribution < -0.4 is 10.2 Å². The maximum absolute atomic E-state index is 4.41. The third-order valence-electron chi connectivity index (χ3n) is 3.42. The zero-order chi connectivity index (χ0) is 13.2. The molecule has 2 aromatic heterocycles. The van der Waals surface area contributed by atoms with Crippen molar-refractivity contribution in [3.63, 3.8) is 0 Å². The lowest BCUT2D eigenvalue weighted by Gasteiger charge is -2.19. The molecule has 1 fully saturated rings. The first-order valence-corrected chi connectivity index (χ1v) is 6.59. The van der Waals surface area contributed by atoms with E-state index in [2.05, 4.69) is 37.3 Å². The van der Waals surface area contributed by atoms with Crippen LogP contribution in [-0.4, -0.2) is 33.3 Å². The number of nitrogens with zero attached hydrogens (tertiary/aromatic N) is 4. The average Bonchev–Trinajstić information content (AvgIpc) is 3.04. The molecule has 0 radical (unpaired) electrons. The van der Waals surface area contributed by atoms with Gasteiger partial charge in [-0.25, -0.2) is 9.97 Å². The van der Waals surface area contributed by atoms with E-state index < -0.39 is 0 Å². The van der Waals surface area contributed by atoms with Crippen molar-refractivity contribution in [2.24, 2.45) is 0 Å². The van der Waals surface area contributed by atoms with Crippen LogP contribution in [0.2, 0.25) is 0 Å². The fraction of sp³-hybridized carbons (Fsp3) is 0.462. The zero-order valence-electron chi connectivity index (χ0n) is 11.3. The minimum atomic E-state index is 0.784. The summed E-state index contributed by atoms with van der Waals surface area (Å²) in [7, 11) is 0. The molecule has 1 aliphatic rings. The highest BCUT2D eigenvalue weighted by Gasteiger charge is 2.18. The summed E-state index contributed by atoms with van der Waals surface area (Å²) in [5, 5.41) is 10.3. The number of aromatic nitrogens is 4. The van der Waals surface area contributed by atoms with Crippen LogP contribution in [0.1, 0.15) is 24.1 Å². The molecule has 100 valence electrons. The SMILES string of the molecule is Cc1cc(Nc2ncnc(N3CCCC3)c2C)n[nH]1. The smallest absolute Gasteiger partial charge is 0.153 e. The summed E-state index contributed by atoms with van der Waals surface area (Å²) in [6, 6.07) is 1.96. The van der Waals surface area contributed by atoms with Gasteiger partial charge in [-0.1, -0.05) is 0 Å². The summed E-state index contributed by atoms with van der Waals surface area (Å²) in [5.74, 6) is 2.64. The Morgan fingerprint density at radius 2 is 2.00 bits per heavy atom. The fourth-order valence-electron chi connectivity index (χ4n) is 2.42. The van der Waals surface area contributed by atoms with Gasteiger partial charge in [0.1, 0.15) is 18.0 Å². The van der Waals surface area contributed by atoms with Crippen LogP contribution in [0.4, 0.5) is 17.5 Å². The number of rotatable bonds is 3. The molecule has 2 aromatic rings. The van der Waals surface area contributed by atoms with Gasteiger partial charge in [0, 0.05) is 30.4 Å². The van der Waals surface area contributed by atoms with E-state index in [1.807, 2.05) is 13.0 Å². The minimum absolute atomic E-state index is 0.784. The van der Waals surface area contributed by atoms with Gasteiger partial charge in [-0.3, -0.25) is 5.10 Å². The molecule has 0 aromatic carbocycles. The Kier molecular flexibility index (Phi) is 3.06. The molecular weight excluding hydrogens is 240 g/mol. The van der Waals surface area contributed by atoms with E-state index in [0.29, 0.717) is 0 Å². The third-order valence-corrected chi connectivity index (χ3v) is 3.42. The van der Waals surface area contributed by atoms with Crippen molar-refractivity contribution in [1.82, 2.24) is 20.2 Å². The summed E-state index contributed by atoms with van der Waals surface area (Å²) >= 11 is 0. The summed E-state index contributed by atoms with van der Waals surface area (Å²) in [6.45, 7) is 6.19. The number of anilines is 3. The van der Waals surface area contributed by atoms with E-state index >= 15 is 0 Å². The molecule has 3 rings (SSSR count). The number of nitrogens with one attached hydrogen (secondary N) is 2. The normalized spacial score (nSPS) is 14.9. The van der Waals surface area contributed by atoms with Crippen molar-refractivity contribution in [1.29, 1.82) is 0 Å². The molecule has 6 heteroatoms. The van der Waals surface area contributed by atoms with Gasteiger partial charge in [0.25, 0.3) is 0 Å². The first kappa shape index (κ1) is 12.0. The maximum atomic E-state index is 4.41. The first-order chi connectivity index (χ1) is 9.24. The Morgan fingerprint density at radius 1 is 1.21 bits per heavy atom. The van der Waals surface area contributed by atoms with E-state index in [9.17, 15) is 0 Å². The Labute approximate surface area is 112 Å². The molecule has 1 aliphatic heterocycles. The van der Waals surface area contributed by atoms with Crippen molar-refractivity contribution in [3.8, 4) is 0 Å². The van der Waals surface area contributed by atoms with Gasteiger partial charge in [0.15, 0.2) is 5.82 Å². The standard InChI is InChI=1S/C13H18N6/c1-9-7-11(18-17-9)16-12-10(2)13(15-8-14-12)19-5-3-4-6-19/h7-8H,3-6H2,1-2H3,(H2,14,15,16,17,18). The van der Waals surface area contributed by atoms with Gasteiger partial charge >= 0.3 is 0 Å². The second-order valence-corrected chi connectivity index (χ2v) is 4.93. The van der Waals surface area contributed by atoms with Crippen molar-refractivity contribution >= 4 is 17.5 Å². The van der Waals surface area contributed by atoms with Crippen LogP contribution >= 0.6 is 0 Å². The molecule has 0 atom stereocenters. The number of hydrogen-bond acceptors (Lipinski definition) is 5. The van der Waals surface area contributed by atoms with Gasteiger partial charge in [0.2, 0.25) is 0 Å². The molecule has 0 unspecified atom stereocenters. The van der Waals surface area contributed by atoms with Gasteiger partial charge in [-0.05, 0) is 26.7 Å². The second kappa shape index (κ2) is 4.87. The summed E-state index contributed by atoms with van der Waals surface area (Å²) in [4.78, 5) is 11.0. The van der Waals surface area contributed by atoms with Crippen molar-refractivity contribution in [3.05, 3.63) is 23.7 Å². The summed E-state index contributed by atoms with van der Waals surface area (Å²) < 4.78 is 0. The number of aromatic amines is 1. The number of H-pyrrole nitrogens is 1. The minimum Gasteiger partial charge on any atom is -0.356 e. The highest BCUT2D eigenvalue weighted by Crippen LogP contribution is 2.26. The van der Waals surface area contributed by atoms with Crippen LogP contribution in [0, 0.1) is 13.8 Å². The van der Waals surface area contributed by atoms with Gasteiger partial charge in [0.05, 0.1) is 0 Å².